The Kier molecular flexibility index (Phi) is 4.66. The average molecular weight is 382 g/mol. The molecule has 3 rings (SSSR count). The normalized spacial score (nSPS) is 12.1. The molecule has 0 N–H and O–H groups in total. The number of aromatic nitrogens is 1. The van der Waals surface area contributed by atoms with Gasteiger partial charge < -0.3 is 0 Å². The van der Waals surface area contributed by atoms with Crippen molar-refractivity contribution >= 4 is 57.2 Å². The number of benzene rings is 2. The molecule has 0 aliphatic heterocycles. The van der Waals surface area contributed by atoms with Gasteiger partial charge in [0.25, 0.3) is 0 Å². The van der Waals surface area contributed by atoms with Crippen molar-refractivity contribution in [3.8, 4) is 6.07 Å². The fraction of sp³-hybridized carbons (Fsp3) is 0.0588. The number of fused-ring (bicyclic) bond motifs is 1. The van der Waals surface area contributed by atoms with Crippen LogP contribution in [0.1, 0.15) is 17.0 Å². The highest BCUT2D eigenvalue weighted by Crippen LogP contribution is 2.42. The van der Waals surface area contributed by atoms with E-state index in [0.29, 0.717) is 5.56 Å². The molecule has 6 heteroatoms. The lowest BCUT2D eigenvalue weighted by molar-refractivity contribution is 1.04. The molecule has 1 atom stereocenters. The summed E-state index contributed by atoms with van der Waals surface area (Å²) in [7, 11) is 0. The average Bonchev–Trinajstić information content (AvgIpc) is 2.56. The van der Waals surface area contributed by atoms with E-state index >= 15 is 0 Å². The summed E-state index contributed by atoms with van der Waals surface area (Å²) in [4.78, 5) is 3.86. The molecule has 1 aromatic heterocycles. The highest BCUT2D eigenvalue weighted by Gasteiger charge is 2.25. The first kappa shape index (κ1) is 16.4. The van der Waals surface area contributed by atoms with Crippen LogP contribution < -0.4 is 0 Å². The Morgan fingerprint density at radius 2 is 1.48 bits per heavy atom. The summed E-state index contributed by atoms with van der Waals surface area (Å²) in [5.74, 6) is -0.709. The fourth-order valence-corrected chi connectivity index (χ4v) is 3.50. The Bertz CT molecular complexity index is 916. The quantitative estimate of drug-likeness (QED) is 0.474. The Hall–Kier alpha value is -1.50. The molecule has 0 spiro atoms. The predicted molar refractivity (Wildman–Crippen MR) is 95.7 cm³/mol. The molecule has 23 heavy (non-hydrogen) atoms. The van der Waals surface area contributed by atoms with Gasteiger partial charge in [-0.1, -0.05) is 88.9 Å². The van der Waals surface area contributed by atoms with Gasteiger partial charge in [-0.2, -0.15) is 5.26 Å². The van der Waals surface area contributed by atoms with Crippen molar-refractivity contribution in [2.75, 3.05) is 0 Å². The monoisotopic (exact) mass is 380 g/mol. The van der Waals surface area contributed by atoms with Crippen LogP contribution in [0.2, 0.25) is 20.4 Å². The highest BCUT2D eigenvalue weighted by molar-refractivity contribution is 6.46. The summed E-state index contributed by atoms with van der Waals surface area (Å²) in [6, 6.07) is 15.7. The van der Waals surface area contributed by atoms with Crippen molar-refractivity contribution in [1.82, 2.24) is 4.98 Å². The second-order valence-corrected chi connectivity index (χ2v) is 6.34. The molecule has 1 unspecified atom stereocenters. The molecule has 0 aliphatic carbocycles. The van der Waals surface area contributed by atoms with Crippen LogP contribution in [0.5, 0.6) is 0 Å². The number of hydrogen-bond donors (Lipinski definition) is 0. The fourth-order valence-electron chi connectivity index (χ4n) is 2.55. The summed E-state index contributed by atoms with van der Waals surface area (Å²) in [5.41, 5.74) is 1.16. The van der Waals surface area contributed by atoms with Gasteiger partial charge in [0, 0.05) is 5.56 Å². The third-order valence-electron chi connectivity index (χ3n) is 3.58. The Labute approximate surface area is 153 Å². The summed E-state index contributed by atoms with van der Waals surface area (Å²) in [6.07, 6.45) is 0. The first-order chi connectivity index (χ1) is 11.0. The second kappa shape index (κ2) is 6.55. The van der Waals surface area contributed by atoms with Crippen molar-refractivity contribution < 1.29 is 0 Å². The van der Waals surface area contributed by atoms with Crippen molar-refractivity contribution in [3.05, 3.63) is 73.9 Å². The number of nitrogens with zero attached hydrogens (tertiary/aromatic N) is 2. The molecule has 2 nitrogen and oxygen atoms in total. The molecule has 0 aliphatic rings. The van der Waals surface area contributed by atoms with Crippen molar-refractivity contribution in [3.63, 3.8) is 0 Å². The molecule has 0 saturated heterocycles. The molecule has 3 aromatic rings. The third-order valence-corrected chi connectivity index (χ3v) is 5.09. The Morgan fingerprint density at radius 3 is 2.13 bits per heavy atom. The zero-order valence-corrected chi connectivity index (χ0v) is 14.5. The van der Waals surface area contributed by atoms with E-state index < -0.39 is 5.92 Å². The summed E-state index contributed by atoms with van der Waals surface area (Å²) >= 11 is 24.5. The Morgan fingerprint density at radius 1 is 0.870 bits per heavy atom. The summed E-state index contributed by atoms with van der Waals surface area (Å²) in [5, 5.41) is 12.0. The van der Waals surface area contributed by atoms with Crippen LogP contribution in [0.3, 0.4) is 0 Å². The number of pyridine rings is 1. The summed E-state index contributed by atoms with van der Waals surface area (Å²) in [6.45, 7) is 0. The van der Waals surface area contributed by atoms with Gasteiger partial charge in [-0.3, -0.25) is 0 Å². The van der Waals surface area contributed by atoms with Crippen LogP contribution in [-0.2, 0) is 0 Å². The molecule has 2 aromatic carbocycles. The van der Waals surface area contributed by atoms with E-state index in [1.54, 1.807) is 0 Å². The lowest BCUT2D eigenvalue weighted by atomic mass is 9.89. The van der Waals surface area contributed by atoms with Crippen LogP contribution >= 0.6 is 46.4 Å². The molecular weight excluding hydrogens is 374 g/mol. The van der Waals surface area contributed by atoms with E-state index in [1.807, 2.05) is 42.5 Å². The predicted octanol–water partition coefficient (Wildman–Crippen LogP) is 6.50. The smallest absolute Gasteiger partial charge is 0.149 e. The third kappa shape index (κ3) is 2.86. The SMILES string of the molecule is N#CC(c1c(Cl)c(Cl)nc(Cl)c1Cl)c1cccc2ccccc12. The van der Waals surface area contributed by atoms with E-state index in [9.17, 15) is 5.26 Å². The van der Waals surface area contributed by atoms with E-state index in [4.69, 9.17) is 46.4 Å². The van der Waals surface area contributed by atoms with Gasteiger partial charge in [0.05, 0.1) is 22.0 Å². The van der Waals surface area contributed by atoms with Gasteiger partial charge in [-0.25, -0.2) is 4.98 Å². The van der Waals surface area contributed by atoms with Crippen LogP contribution in [0.15, 0.2) is 42.5 Å². The lowest BCUT2D eigenvalue weighted by Crippen LogP contribution is -2.03. The van der Waals surface area contributed by atoms with Crippen molar-refractivity contribution in [1.29, 1.82) is 5.26 Å². The summed E-state index contributed by atoms with van der Waals surface area (Å²) < 4.78 is 0. The van der Waals surface area contributed by atoms with Crippen molar-refractivity contribution in [2.24, 2.45) is 0 Å². The van der Waals surface area contributed by atoms with Crippen LogP contribution in [0.4, 0.5) is 0 Å². The topological polar surface area (TPSA) is 36.7 Å². The van der Waals surface area contributed by atoms with Crippen LogP contribution in [0.25, 0.3) is 10.8 Å². The van der Waals surface area contributed by atoms with Gasteiger partial charge >= 0.3 is 0 Å². The van der Waals surface area contributed by atoms with Gasteiger partial charge in [0.2, 0.25) is 0 Å². The van der Waals surface area contributed by atoms with E-state index in [-0.39, 0.29) is 20.4 Å². The van der Waals surface area contributed by atoms with Gasteiger partial charge in [-0.05, 0) is 16.3 Å². The number of halogens is 4. The lowest BCUT2D eigenvalue weighted by Gasteiger charge is -2.17. The number of rotatable bonds is 2. The van der Waals surface area contributed by atoms with E-state index in [2.05, 4.69) is 11.1 Å². The molecule has 1 heterocycles. The molecule has 0 radical (unpaired) electrons. The first-order valence-electron chi connectivity index (χ1n) is 6.61. The minimum absolute atomic E-state index is 0.0246. The van der Waals surface area contributed by atoms with Crippen molar-refractivity contribution in [2.45, 2.75) is 5.92 Å². The minimum atomic E-state index is -0.709. The zero-order valence-electron chi connectivity index (χ0n) is 11.5. The number of nitriles is 1. The minimum Gasteiger partial charge on any atom is -0.221 e. The molecule has 0 amide bonds. The number of hydrogen-bond acceptors (Lipinski definition) is 2. The second-order valence-electron chi connectivity index (χ2n) is 4.87. The zero-order chi connectivity index (χ0) is 16.6. The molecule has 114 valence electrons. The van der Waals surface area contributed by atoms with Gasteiger partial charge in [-0.15, -0.1) is 0 Å². The molecule has 0 saturated carbocycles. The highest BCUT2D eigenvalue weighted by atomic mass is 35.5. The largest absolute Gasteiger partial charge is 0.221 e. The van der Waals surface area contributed by atoms with E-state index in [0.717, 1.165) is 16.3 Å². The van der Waals surface area contributed by atoms with E-state index in [1.165, 1.54) is 0 Å². The maximum absolute atomic E-state index is 9.75. The molecular formula is C17H8Cl4N2. The van der Waals surface area contributed by atoms with Gasteiger partial charge in [0.15, 0.2) is 0 Å². The first-order valence-corrected chi connectivity index (χ1v) is 8.13. The maximum atomic E-state index is 9.75. The standard InChI is InChI=1S/C17H8Cl4N2/c18-14-13(15(19)17(21)23-16(14)20)12(8-22)11-7-3-5-9-4-1-2-6-10(9)11/h1-7,12H. The molecule has 0 fully saturated rings. The Balaban J connectivity index is 2.32. The van der Waals surface area contributed by atoms with Gasteiger partial charge in [0.1, 0.15) is 10.3 Å². The maximum Gasteiger partial charge on any atom is 0.149 e. The molecule has 0 bridgehead atoms. The van der Waals surface area contributed by atoms with Crippen LogP contribution in [0, 0.1) is 11.3 Å². The van der Waals surface area contributed by atoms with Crippen LogP contribution in [-0.4, -0.2) is 4.98 Å².